The molecule has 0 aliphatic carbocycles. The Morgan fingerprint density at radius 2 is 1.81 bits per heavy atom. The van der Waals surface area contributed by atoms with E-state index < -0.39 is 46.3 Å². The third-order valence-electron chi connectivity index (χ3n) is 2.72. The van der Waals surface area contributed by atoms with Crippen molar-refractivity contribution in [1.29, 1.82) is 0 Å². The van der Waals surface area contributed by atoms with Crippen molar-refractivity contribution in [1.82, 2.24) is 5.32 Å². The molecule has 0 fully saturated rings. The van der Waals surface area contributed by atoms with Crippen LogP contribution < -0.4 is 11.1 Å². The van der Waals surface area contributed by atoms with E-state index in [0.29, 0.717) is 5.56 Å². The van der Waals surface area contributed by atoms with Crippen LogP contribution >= 0.6 is 0 Å². The fraction of sp³-hybridized carbons (Fsp3) is 0.333. The highest BCUT2D eigenvalue weighted by Gasteiger charge is 2.25. The van der Waals surface area contributed by atoms with E-state index in [4.69, 9.17) is 15.4 Å². The summed E-state index contributed by atoms with van der Waals surface area (Å²) in [7, 11) is -4.31. The van der Waals surface area contributed by atoms with Crippen LogP contribution in [0.4, 0.5) is 0 Å². The summed E-state index contributed by atoms with van der Waals surface area (Å²) >= 11 is 0. The first kappa shape index (κ1) is 17.1. The first-order chi connectivity index (χ1) is 9.70. The maximum absolute atomic E-state index is 11.9. The molecule has 0 aromatic heterocycles. The molecule has 0 saturated carbocycles. The SMILES string of the molecule is NC(C(=O)N[C@@H](CCS(=O)(=O)O)C(=O)O)c1ccccc1. The standard InChI is InChI=1S/C12H16N2O6S/c13-10(8-4-2-1-3-5-8)11(15)14-9(12(16)17)6-7-21(18,19)20/h1-5,9-10H,6-7,13H2,(H,14,15)(H,16,17)(H,18,19,20)/t9-,10?/m0/s1. The fourth-order valence-electron chi connectivity index (χ4n) is 1.60. The van der Waals surface area contributed by atoms with Crippen LogP contribution in [0.3, 0.4) is 0 Å². The molecule has 1 unspecified atom stereocenters. The fourth-order valence-corrected chi connectivity index (χ4v) is 2.13. The summed E-state index contributed by atoms with van der Waals surface area (Å²) in [5.74, 6) is -2.93. The zero-order valence-electron chi connectivity index (χ0n) is 11.0. The summed E-state index contributed by atoms with van der Waals surface area (Å²) in [4.78, 5) is 22.9. The van der Waals surface area contributed by atoms with Gasteiger partial charge in [-0.25, -0.2) is 4.79 Å². The molecule has 0 radical (unpaired) electrons. The van der Waals surface area contributed by atoms with Crippen LogP contribution in [0.15, 0.2) is 30.3 Å². The zero-order valence-corrected chi connectivity index (χ0v) is 11.8. The van der Waals surface area contributed by atoms with E-state index in [1.807, 2.05) is 0 Å². The van der Waals surface area contributed by atoms with E-state index in [2.05, 4.69) is 5.32 Å². The molecule has 21 heavy (non-hydrogen) atoms. The monoisotopic (exact) mass is 316 g/mol. The van der Waals surface area contributed by atoms with Gasteiger partial charge in [-0.3, -0.25) is 9.35 Å². The molecule has 0 bridgehead atoms. The number of carboxylic acid groups (broad SMARTS) is 1. The number of nitrogens with one attached hydrogen (secondary N) is 1. The number of benzene rings is 1. The lowest BCUT2D eigenvalue weighted by Gasteiger charge is -2.17. The molecule has 5 N–H and O–H groups in total. The molecule has 0 heterocycles. The number of amides is 1. The molecule has 0 spiro atoms. The summed E-state index contributed by atoms with van der Waals surface area (Å²) in [6, 6.07) is 5.79. The van der Waals surface area contributed by atoms with Gasteiger partial charge in [-0.05, 0) is 12.0 Å². The first-order valence-corrected chi connectivity index (χ1v) is 7.60. The van der Waals surface area contributed by atoms with Gasteiger partial charge in [0.05, 0.1) is 5.75 Å². The Labute approximate surface area is 121 Å². The minimum atomic E-state index is -4.31. The lowest BCUT2D eigenvalue weighted by atomic mass is 10.1. The normalized spacial score (nSPS) is 14.2. The minimum absolute atomic E-state index is 0.457. The van der Waals surface area contributed by atoms with Crippen LogP contribution in [0.25, 0.3) is 0 Å². The Balaban J connectivity index is 2.71. The summed E-state index contributed by atoms with van der Waals surface area (Å²) in [6.45, 7) is 0. The number of hydrogen-bond donors (Lipinski definition) is 4. The highest BCUT2D eigenvalue weighted by molar-refractivity contribution is 7.85. The molecule has 1 aromatic rings. The zero-order chi connectivity index (χ0) is 16.0. The van der Waals surface area contributed by atoms with Crippen LogP contribution in [0.5, 0.6) is 0 Å². The van der Waals surface area contributed by atoms with Crippen LogP contribution in [0.2, 0.25) is 0 Å². The van der Waals surface area contributed by atoms with Gasteiger partial charge in [-0.15, -0.1) is 0 Å². The summed E-state index contributed by atoms with van der Waals surface area (Å²) < 4.78 is 29.9. The number of carbonyl (C=O) groups excluding carboxylic acids is 1. The van der Waals surface area contributed by atoms with Crippen molar-refractivity contribution in [3.8, 4) is 0 Å². The Bertz CT molecular complexity index is 601. The average molecular weight is 316 g/mol. The number of carboxylic acids is 1. The average Bonchev–Trinajstić information content (AvgIpc) is 2.42. The first-order valence-electron chi connectivity index (χ1n) is 5.99. The van der Waals surface area contributed by atoms with Crippen molar-refractivity contribution in [2.24, 2.45) is 5.73 Å². The molecule has 9 heteroatoms. The predicted molar refractivity (Wildman–Crippen MR) is 74.0 cm³/mol. The Hall–Kier alpha value is -1.97. The number of aliphatic carboxylic acids is 1. The largest absolute Gasteiger partial charge is 0.480 e. The van der Waals surface area contributed by atoms with Crippen molar-refractivity contribution in [3.63, 3.8) is 0 Å². The van der Waals surface area contributed by atoms with Gasteiger partial charge >= 0.3 is 5.97 Å². The molecular weight excluding hydrogens is 300 g/mol. The molecule has 1 rings (SSSR count). The topological polar surface area (TPSA) is 147 Å². The maximum Gasteiger partial charge on any atom is 0.326 e. The van der Waals surface area contributed by atoms with Gasteiger partial charge in [0.2, 0.25) is 5.91 Å². The Morgan fingerprint density at radius 3 is 2.29 bits per heavy atom. The van der Waals surface area contributed by atoms with Crippen molar-refractivity contribution < 1.29 is 27.7 Å². The highest BCUT2D eigenvalue weighted by atomic mass is 32.2. The van der Waals surface area contributed by atoms with E-state index >= 15 is 0 Å². The molecule has 8 nitrogen and oxygen atoms in total. The Morgan fingerprint density at radius 1 is 1.24 bits per heavy atom. The predicted octanol–water partition coefficient (Wildman–Crippen LogP) is -0.466. The highest BCUT2D eigenvalue weighted by Crippen LogP contribution is 2.10. The van der Waals surface area contributed by atoms with E-state index in [0.717, 1.165) is 0 Å². The third-order valence-corrected chi connectivity index (χ3v) is 3.47. The van der Waals surface area contributed by atoms with Gasteiger partial charge in [0, 0.05) is 0 Å². The molecule has 2 atom stereocenters. The van der Waals surface area contributed by atoms with E-state index in [9.17, 15) is 18.0 Å². The van der Waals surface area contributed by atoms with Crippen molar-refractivity contribution in [2.75, 3.05) is 5.75 Å². The quantitative estimate of drug-likeness (QED) is 0.497. The summed E-state index contributed by atoms with van der Waals surface area (Å²) in [6.07, 6.45) is -0.457. The lowest BCUT2D eigenvalue weighted by Crippen LogP contribution is -2.45. The van der Waals surface area contributed by atoms with E-state index in [-0.39, 0.29) is 0 Å². The van der Waals surface area contributed by atoms with E-state index in [1.54, 1.807) is 30.3 Å². The summed E-state index contributed by atoms with van der Waals surface area (Å²) in [5.41, 5.74) is 6.19. The van der Waals surface area contributed by atoms with Crippen LogP contribution in [0.1, 0.15) is 18.0 Å². The van der Waals surface area contributed by atoms with Crippen LogP contribution in [0, 0.1) is 0 Å². The van der Waals surface area contributed by atoms with Gasteiger partial charge in [0.25, 0.3) is 10.1 Å². The molecule has 1 aromatic carbocycles. The maximum atomic E-state index is 11.9. The van der Waals surface area contributed by atoms with Gasteiger partial charge < -0.3 is 16.2 Å². The molecule has 0 aliphatic heterocycles. The summed E-state index contributed by atoms with van der Waals surface area (Å²) in [5, 5.41) is 11.1. The van der Waals surface area contributed by atoms with Crippen molar-refractivity contribution in [3.05, 3.63) is 35.9 Å². The van der Waals surface area contributed by atoms with Gasteiger partial charge in [0.15, 0.2) is 0 Å². The second-order valence-electron chi connectivity index (χ2n) is 4.36. The number of nitrogens with two attached hydrogens (primary N) is 1. The molecule has 1 amide bonds. The Kier molecular flexibility index (Phi) is 5.82. The van der Waals surface area contributed by atoms with Gasteiger partial charge in [0.1, 0.15) is 12.1 Å². The molecule has 0 saturated heterocycles. The number of hydrogen-bond acceptors (Lipinski definition) is 5. The third kappa shape index (κ3) is 5.90. The lowest BCUT2D eigenvalue weighted by molar-refractivity contribution is -0.142. The van der Waals surface area contributed by atoms with Gasteiger partial charge in [-0.2, -0.15) is 8.42 Å². The second-order valence-corrected chi connectivity index (χ2v) is 5.93. The smallest absolute Gasteiger partial charge is 0.326 e. The van der Waals surface area contributed by atoms with Crippen molar-refractivity contribution in [2.45, 2.75) is 18.5 Å². The number of carbonyl (C=O) groups is 2. The minimum Gasteiger partial charge on any atom is -0.480 e. The second kappa shape index (κ2) is 7.16. The molecule has 0 aliphatic rings. The molecular formula is C12H16N2O6S. The van der Waals surface area contributed by atoms with Crippen LogP contribution in [-0.2, 0) is 19.7 Å². The number of rotatable bonds is 7. The van der Waals surface area contributed by atoms with E-state index in [1.165, 1.54) is 0 Å². The van der Waals surface area contributed by atoms with Crippen LogP contribution in [-0.4, -0.2) is 41.7 Å². The van der Waals surface area contributed by atoms with Gasteiger partial charge in [-0.1, -0.05) is 30.3 Å². The molecule has 116 valence electrons. The van der Waals surface area contributed by atoms with Crippen molar-refractivity contribution >= 4 is 22.0 Å².